The van der Waals surface area contributed by atoms with Crippen LogP contribution in [0.5, 0.6) is 0 Å². The van der Waals surface area contributed by atoms with E-state index in [4.69, 9.17) is 0 Å². The van der Waals surface area contributed by atoms with Gasteiger partial charge in [0.05, 0.1) is 11.7 Å². The van der Waals surface area contributed by atoms with Gasteiger partial charge in [0, 0.05) is 35.3 Å². The lowest BCUT2D eigenvalue weighted by Gasteiger charge is -2.06. The summed E-state index contributed by atoms with van der Waals surface area (Å²) < 4.78 is 16.0. The second kappa shape index (κ2) is 6.75. The molecule has 6 nitrogen and oxygen atoms in total. The molecule has 0 amide bonds. The highest BCUT2D eigenvalue weighted by Gasteiger charge is 2.10. The first-order valence-corrected chi connectivity index (χ1v) is 8.75. The molecule has 0 fully saturated rings. The van der Waals surface area contributed by atoms with Gasteiger partial charge in [0.15, 0.2) is 5.82 Å². The largest absolute Gasteiger partial charge is 0.323 e. The molecule has 0 aromatic carbocycles. The third-order valence-electron chi connectivity index (χ3n) is 4.27. The van der Waals surface area contributed by atoms with Crippen molar-refractivity contribution < 1.29 is 4.39 Å². The maximum absolute atomic E-state index is 14.2. The Bertz CT molecular complexity index is 1110. The standard InChI is InChI=1S/C20H19FN6/c1-4-15-9-17(18(21)11-22-15)14-5-6-27-16(8-14)10-20(26-27)25-19-7-12(2)23-13(3)24-19/h5-11H,4H2,1-3H3,(H,23,24,25,26). The third kappa shape index (κ3) is 3.48. The fraction of sp³-hybridized carbons (Fsp3) is 0.200. The maximum Gasteiger partial charge on any atom is 0.154 e. The molecule has 0 bridgehead atoms. The quantitative estimate of drug-likeness (QED) is 0.588. The molecule has 7 heteroatoms. The summed E-state index contributed by atoms with van der Waals surface area (Å²) in [6.07, 6.45) is 3.85. The number of fused-ring (bicyclic) bond motifs is 1. The summed E-state index contributed by atoms with van der Waals surface area (Å²) >= 11 is 0. The van der Waals surface area contributed by atoms with Crippen LogP contribution in [-0.4, -0.2) is 24.6 Å². The van der Waals surface area contributed by atoms with E-state index in [1.807, 2.05) is 51.2 Å². The minimum Gasteiger partial charge on any atom is -0.323 e. The van der Waals surface area contributed by atoms with Gasteiger partial charge in [-0.2, -0.15) is 5.10 Å². The zero-order valence-corrected chi connectivity index (χ0v) is 15.4. The van der Waals surface area contributed by atoms with Crippen LogP contribution in [0.15, 0.2) is 42.7 Å². The molecule has 0 aliphatic carbocycles. The van der Waals surface area contributed by atoms with Gasteiger partial charge in [-0.15, -0.1) is 0 Å². The number of halogens is 1. The topological polar surface area (TPSA) is 68.0 Å². The highest BCUT2D eigenvalue weighted by molar-refractivity contribution is 5.71. The first-order chi connectivity index (χ1) is 13.0. The number of aryl methyl sites for hydroxylation is 3. The molecule has 0 spiro atoms. The molecule has 4 aromatic rings. The van der Waals surface area contributed by atoms with E-state index in [-0.39, 0.29) is 5.82 Å². The van der Waals surface area contributed by atoms with Gasteiger partial charge in [0.2, 0.25) is 0 Å². The van der Waals surface area contributed by atoms with Crippen molar-refractivity contribution in [1.29, 1.82) is 0 Å². The van der Waals surface area contributed by atoms with Crippen molar-refractivity contribution >= 4 is 17.2 Å². The Hall–Kier alpha value is -3.35. The lowest BCUT2D eigenvalue weighted by Crippen LogP contribution is -1.99. The molecule has 4 heterocycles. The molecule has 27 heavy (non-hydrogen) atoms. The third-order valence-corrected chi connectivity index (χ3v) is 4.27. The Morgan fingerprint density at radius 1 is 1.07 bits per heavy atom. The maximum atomic E-state index is 14.2. The number of anilines is 2. The summed E-state index contributed by atoms with van der Waals surface area (Å²) in [6.45, 7) is 5.77. The smallest absolute Gasteiger partial charge is 0.154 e. The molecule has 0 unspecified atom stereocenters. The zero-order chi connectivity index (χ0) is 19.0. The van der Waals surface area contributed by atoms with Gasteiger partial charge in [0.1, 0.15) is 17.5 Å². The lowest BCUT2D eigenvalue weighted by molar-refractivity contribution is 0.623. The zero-order valence-electron chi connectivity index (χ0n) is 15.4. The van der Waals surface area contributed by atoms with E-state index in [0.29, 0.717) is 23.0 Å². The molecule has 0 aliphatic heterocycles. The molecule has 4 aromatic heterocycles. The van der Waals surface area contributed by atoms with Gasteiger partial charge in [-0.3, -0.25) is 4.98 Å². The molecule has 136 valence electrons. The summed E-state index contributed by atoms with van der Waals surface area (Å²) in [4.78, 5) is 12.7. The predicted molar refractivity (Wildman–Crippen MR) is 103 cm³/mol. The van der Waals surface area contributed by atoms with Crippen LogP contribution in [0.4, 0.5) is 16.0 Å². The van der Waals surface area contributed by atoms with Gasteiger partial charge < -0.3 is 5.32 Å². The second-order valence-electron chi connectivity index (χ2n) is 6.39. The predicted octanol–water partition coefficient (Wildman–Crippen LogP) is 4.25. The first kappa shape index (κ1) is 17.1. The summed E-state index contributed by atoms with van der Waals surface area (Å²) in [7, 11) is 0. The van der Waals surface area contributed by atoms with E-state index in [2.05, 4.69) is 25.4 Å². The number of hydrogen-bond acceptors (Lipinski definition) is 5. The van der Waals surface area contributed by atoms with Crippen LogP contribution in [0.25, 0.3) is 16.6 Å². The Morgan fingerprint density at radius 2 is 1.93 bits per heavy atom. The van der Waals surface area contributed by atoms with Crippen molar-refractivity contribution in [2.75, 3.05) is 5.32 Å². The van der Waals surface area contributed by atoms with Crippen LogP contribution in [0.3, 0.4) is 0 Å². The van der Waals surface area contributed by atoms with Crippen molar-refractivity contribution in [3.63, 3.8) is 0 Å². The van der Waals surface area contributed by atoms with Crippen LogP contribution in [0.2, 0.25) is 0 Å². The molecule has 0 saturated heterocycles. The number of rotatable bonds is 4. The van der Waals surface area contributed by atoms with E-state index in [0.717, 1.165) is 28.9 Å². The van der Waals surface area contributed by atoms with Gasteiger partial charge >= 0.3 is 0 Å². The van der Waals surface area contributed by atoms with Gasteiger partial charge in [-0.05, 0) is 44.0 Å². The normalized spacial score (nSPS) is 11.1. The number of hydrogen-bond donors (Lipinski definition) is 1. The molecular weight excluding hydrogens is 343 g/mol. The van der Waals surface area contributed by atoms with Crippen LogP contribution in [0.1, 0.15) is 24.1 Å². The van der Waals surface area contributed by atoms with Crippen LogP contribution in [0, 0.1) is 19.7 Å². The molecule has 1 N–H and O–H groups in total. The van der Waals surface area contributed by atoms with Crippen molar-refractivity contribution in [3.05, 3.63) is 65.8 Å². The van der Waals surface area contributed by atoms with E-state index < -0.39 is 0 Å². The minimum absolute atomic E-state index is 0.332. The summed E-state index contributed by atoms with van der Waals surface area (Å²) in [5.41, 5.74) is 3.93. The van der Waals surface area contributed by atoms with Crippen LogP contribution in [-0.2, 0) is 6.42 Å². The fourth-order valence-corrected chi connectivity index (χ4v) is 3.03. The van der Waals surface area contributed by atoms with Gasteiger partial charge in [-0.25, -0.2) is 18.9 Å². The monoisotopic (exact) mass is 362 g/mol. The van der Waals surface area contributed by atoms with E-state index in [1.165, 1.54) is 6.20 Å². The Kier molecular flexibility index (Phi) is 4.27. The van der Waals surface area contributed by atoms with E-state index >= 15 is 0 Å². The summed E-state index contributed by atoms with van der Waals surface area (Å²) in [5, 5.41) is 7.69. The van der Waals surface area contributed by atoms with Crippen LogP contribution < -0.4 is 5.32 Å². The molecule has 4 rings (SSSR count). The molecule has 0 atom stereocenters. The van der Waals surface area contributed by atoms with Crippen molar-refractivity contribution in [2.45, 2.75) is 27.2 Å². The summed E-state index contributed by atoms with van der Waals surface area (Å²) in [6, 6.07) is 9.31. The Morgan fingerprint density at radius 3 is 2.70 bits per heavy atom. The second-order valence-corrected chi connectivity index (χ2v) is 6.39. The van der Waals surface area contributed by atoms with Crippen molar-refractivity contribution in [1.82, 2.24) is 24.6 Å². The number of aromatic nitrogens is 5. The highest BCUT2D eigenvalue weighted by Crippen LogP contribution is 2.26. The Balaban J connectivity index is 1.70. The molecule has 0 aliphatic rings. The lowest BCUT2D eigenvalue weighted by atomic mass is 10.1. The summed E-state index contributed by atoms with van der Waals surface area (Å²) in [5.74, 6) is 1.72. The minimum atomic E-state index is -0.332. The van der Waals surface area contributed by atoms with Crippen molar-refractivity contribution in [3.8, 4) is 11.1 Å². The SMILES string of the molecule is CCc1cc(-c2ccn3nc(Nc4cc(C)nc(C)n4)cc3c2)c(F)cn1. The Labute approximate surface area is 156 Å². The first-order valence-electron chi connectivity index (χ1n) is 8.75. The van der Waals surface area contributed by atoms with E-state index in [1.54, 1.807) is 10.6 Å². The van der Waals surface area contributed by atoms with Gasteiger partial charge in [-0.1, -0.05) is 6.92 Å². The number of nitrogens with one attached hydrogen (secondary N) is 1. The van der Waals surface area contributed by atoms with Crippen LogP contribution >= 0.6 is 0 Å². The van der Waals surface area contributed by atoms with Gasteiger partial charge in [0.25, 0.3) is 0 Å². The number of nitrogens with zero attached hydrogens (tertiary/aromatic N) is 5. The number of pyridine rings is 2. The molecular formula is C20H19FN6. The average Bonchev–Trinajstić information content (AvgIpc) is 3.02. The van der Waals surface area contributed by atoms with E-state index in [9.17, 15) is 4.39 Å². The highest BCUT2D eigenvalue weighted by atomic mass is 19.1. The average molecular weight is 362 g/mol. The van der Waals surface area contributed by atoms with Crippen molar-refractivity contribution in [2.24, 2.45) is 0 Å². The molecule has 0 saturated carbocycles. The molecule has 0 radical (unpaired) electrons. The fourth-order valence-electron chi connectivity index (χ4n) is 3.03.